The van der Waals surface area contributed by atoms with Gasteiger partial charge in [-0.25, -0.2) is 0 Å². The summed E-state index contributed by atoms with van der Waals surface area (Å²) in [7, 11) is 0. The minimum atomic E-state index is -0.425. The molecule has 0 saturated carbocycles. The van der Waals surface area contributed by atoms with E-state index in [4.69, 9.17) is 0 Å². The zero-order valence-corrected chi connectivity index (χ0v) is 12.9. The number of nitrogens with one attached hydrogen (secondary N) is 1. The summed E-state index contributed by atoms with van der Waals surface area (Å²) in [5.74, 6) is 0.293. The fourth-order valence-electron chi connectivity index (χ4n) is 2.66. The van der Waals surface area contributed by atoms with Crippen LogP contribution in [0.5, 0.6) is 0 Å². The highest BCUT2D eigenvalue weighted by atomic mass is 16.2. The van der Waals surface area contributed by atoms with Gasteiger partial charge in [-0.1, -0.05) is 19.9 Å². The second-order valence-corrected chi connectivity index (χ2v) is 5.96. The second kappa shape index (κ2) is 6.70. The quantitative estimate of drug-likeness (QED) is 0.921. The number of hydrogen-bond donors (Lipinski definition) is 1. The lowest BCUT2D eigenvalue weighted by Crippen LogP contribution is -2.46. The van der Waals surface area contributed by atoms with Crippen LogP contribution in [0.3, 0.4) is 0 Å². The average molecular weight is 289 g/mol. The van der Waals surface area contributed by atoms with Crippen LogP contribution in [0.2, 0.25) is 0 Å². The zero-order valence-electron chi connectivity index (χ0n) is 12.9. The Balaban J connectivity index is 2.21. The van der Waals surface area contributed by atoms with Crippen molar-refractivity contribution < 1.29 is 9.59 Å². The highest BCUT2D eigenvalue weighted by Gasteiger charge is 2.33. The molecule has 5 nitrogen and oxygen atoms in total. The first-order chi connectivity index (χ1) is 9.99. The van der Waals surface area contributed by atoms with E-state index in [9.17, 15) is 9.59 Å². The van der Waals surface area contributed by atoms with Crippen LogP contribution in [0.15, 0.2) is 24.4 Å². The predicted molar refractivity (Wildman–Crippen MR) is 80.4 cm³/mol. The lowest BCUT2D eigenvalue weighted by atomic mass is 10.0. The number of carbonyl (C=O) groups excluding carboxylic acids is 2. The fourth-order valence-corrected chi connectivity index (χ4v) is 2.66. The molecule has 2 unspecified atom stereocenters. The maximum atomic E-state index is 12.7. The summed E-state index contributed by atoms with van der Waals surface area (Å²) >= 11 is 0. The van der Waals surface area contributed by atoms with E-state index < -0.39 is 6.04 Å². The number of rotatable bonds is 4. The lowest BCUT2D eigenvalue weighted by Gasteiger charge is -2.30. The monoisotopic (exact) mass is 289 g/mol. The van der Waals surface area contributed by atoms with Crippen LogP contribution in [0, 0.1) is 5.92 Å². The SMILES string of the molecule is CC(C)CC1NC(=O)CCN(C(C)c2ccccn2)C1=O. The summed E-state index contributed by atoms with van der Waals surface area (Å²) in [6, 6.07) is 5.13. The van der Waals surface area contributed by atoms with Crippen molar-refractivity contribution in [2.45, 2.75) is 45.7 Å². The highest BCUT2D eigenvalue weighted by Crippen LogP contribution is 2.22. The van der Waals surface area contributed by atoms with Gasteiger partial charge in [0.1, 0.15) is 6.04 Å². The highest BCUT2D eigenvalue weighted by molar-refractivity contribution is 5.90. The smallest absolute Gasteiger partial charge is 0.245 e. The number of carbonyl (C=O) groups is 2. The standard InChI is InChI=1S/C16H23N3O2/c1-11(2)10-14-16(21)19(9-7-15(20)18-14)12(3)13-6-4-5-8-17-13/h4-6,8,11-12,14H,7,9-10H2,1-3H3,(H,18,20). The third kappa shape index (κ3) is 3.80. The molecule has 0 aromatic carbocycles. The largest absolute Gasteiger partial charge is 0.344 e. The lowest BCUT2D eigenvalue weighted by molar-refractivity contribution is -0.135. The van der Waals surface area contributed by atoms with Gasteiger partial charge in [-0.05, 0) is 31.4 Å². The number of pyridine rings is 1. The van der Waals surface area contributed by atoms with Gasteiger partial charge in [0.05, 0.1) is 11.7 Å². The van der Waals surface area contributed by atoms with Gasteiger partial charge in [0, 0.05) is 19.2 Å². The molecule has 21 heavy (non-hydrogen) atoms. The minimum absolute atomic E-state index is 0.00676. The van der Waals surface area contributed by atoms with Crippen molar-refractivity contribution in [3.63, 3.8) is 0 Å². The molecule has 1 aliphatic rings. The molecule has 2 rings (SSSR count). The molecule has 0 bridgehead atoms. The molecule has 2 atom stereocenters. The summed E-state index contributed by atoms with van der Waals surface area (Å²) in [5, 5.41) is 2.85. The van der Waals surface area contributed by atoms with Crippen LogP contribution < -0.4 is 5.32 Å². The molecule has 1 aromatic rings. The maximum absolute atomic E-state index is 12.7. The van der Waals surface area contributed by atoms with Gasteiger partial charge in [0.2, 0.25) is 11.8 Å². The average Bonchev–Trinajstić information content (AvgIpc) is 2.59. The van der Waals surface area contributed by atoms with E-state index in [1.54, 1.807) is 11.1 Å². The van der Waals surface area contributed by atoms with E-state index in [2.05, 4.69) is 24.1 Å². The first-order valence-corrected chi connectivity index (χ1v) is 7.49. The molecule has 1 aromatic heterocycles. The summed E-state index contributed by atoms with van der Waals surface area (Å²) in [5.41, 5.74) is 0.850. The topological polar surface area (TPSA) is 62.3 Å². The van der Waals surface area contributed by atoms with Crippen molar-refractivity contribution in [3.05, 3.63) is 30.1 Å². The number of nitrogens with zero attached hydrogens (tertiary/aromatic N) is 2. The summed E-state index contributed by atoms with van der Waals surface area (Å²) in [6.07, 6.45) is 2.73. The fraction of sp³-hybridized carbons (Fsp3) is 0.562. The first kappa shape index (κ1) is 15.5. The molecule has 0 radical (unpaired) electrons. The van der Waals surface area contributed by atoms with Crippen LogP contribution in [-0.2, 0) is 9.59 Å². The Bertz CT molecular complexity index is 502. The van der Waals surface area contributed by atoms with Crippen molar-refractivity contribution >= 4 is 11.8 Å². The molecule has 1 fully saturated rings. The van der Waals surface area contributed by atoms with E-state index in [0.717, 1.165) is 5.69 Å². The first-order valence-electron chi connectivity index (χ1n) is 7.49. The third-order valence-corrected chi connectivity index (χ3v) is 3.79. The van der Waals surface area contributed by atoms with Gasteiger partial charge in [-0.15, -0.1) is 0 Å². The van der Waals surface area contributed by atoms with Crippen LogP contribution >= 0.6 is 0 Å². The van der Waals surface area contributed by atoms with Gasteiger partial charge < -0.3 is 10.2 Å². The van der Waals surface area contributed by atoms with Crippen LogP contribution in [0.4, 0.5) is 0 Å². The molecule has 0 aliphatic carbocycles. The molecule has 1 aliphatic heterocycles. The minimum Gasteiger partial charge on any atom is -0.344 e. The maximum Gasteiger partial charge on any atom is 0.245 e. The van der Waals surface area contributed by atoms with Crippen molar-refractivity contribution in [1.29, 1.82) is 0 Å². The molecule has 5 heteroatoms. The van der Waals surface area contributed by atoms with E-state index in [1.165, 1.54) is 0 Å². The number of amides is 2. The second-order valence-electron chi connectivity index (χ2n) is 5.96. The Kier molecular flexibility index (Phi) is 4.94. The molecule has 1 N–H and O–H groups in total. The summed E-state index contributed by atoms with van der Waals surface area (Å²) in [4.78, 5) is 30.6. The summed E-state index contributed by atoms with van der Waals surface area (Å²) in [6.45, 7) is 6.51. The molecular weight excluding hydrogens is 266 g/mol. The van der Waals surface area contributed by atoms with Gasteiger partial charge >= 0.3 is 0 Å². The molecule has 2 heterocycles. The molecule has 0 spiro atoms. The normalized spacial score (nSPS) is 21.1. The van der Waals surface area contributed by atoms with Crippen LogP contribution in [-0.4, -0.2) is 34.3 Å². The van der Waals surface area contributed by atoms with Crippen molar-refractivity contribution in [3.8, 4) is 0 Å². The molecule has 2 amide bonds. The Labute approximate surface area is 125 Å². The number of hydrogen-bond acceptors (Lipinski definition) is 3. The van der Waals surface area contributed by atoms with E-state index in [-0.39, 0.29) is 17.9 Å². The predicted octanol–water partition coefficient (Wildman–Crippen LogP) is 1.91. The van der Waals surface area contributed by atoms with E-state index in [1.807, 2.05) is 25.1 Å². The van der Waals surface area contributed by atoms with Crippen molar-refractivity contribution in [1.82, 2.24) is 15.2 Å². The van der Waals surface area contributed by atoms with Crippen LogP contribution in [0.25, 0.3) is 0 Å². The van der Waals surface area contributed by atoms with E-state index >= 15 is 0 Å². The zero-order chi connectivity index (χ0) is 15.4. The van der Waals surface area contributed by atoms with Gasteiger partial charge in [0.25, 0.3) is 0 Å². The van der Waals surface area contributed by atoms with E-state index in [0.29, 0.717) is 25.3 Å². The Morgan fingerprint density at radius 1 is 1.33 bits per heavy atom. The van der Waals surface area contributed by atoms with Crippen molar-refractivity contribution in [2.75, 3.05) is 6.54 Å². The Hall–Kier alpha value is -1.91. The van der Waals surface area contributed by atoms with Crippen molar-refractivity contribution in [2.24, 2.45) is 5.92 Å². The van der Waals surface area contributed by atoms with Crippen LogP contribution in [0.1, 0.15) is 45.3 Å². The number of aromatic nitrogens is 1. The Morgan fingerprint density at radius 3 is 2.71 bits per heavy atom. The molecule has 114 valence electrons. The van der Waals surface area contributed by atoms with Gasteiger partial charge in [0.15, 0.2) is 0 Å². The summed E-state index contributed by atoms with van der Waals surface area (Å²) < 4.78 is 0. The van der Waals surface area contributed by atoms with Gasteiger partial charge in [-0.3, -0.25) is 14.6 Å². The van der Waals surface area contributed by atoms with Gasteiger partial charge in [-0.2, -0.15) is 0 Å². The Morgan fingerprint density at radius 2 is 2.10 bits per heavy atom. The molecule has 1 saturated heterocycles. The molecular formula is C16H23N3O2. The third-order valence-electron chi connectivity index (χ3n) is 3.79.